The van der Waals surface area contributed by atoms with Crippen LogP contribution in [-0.4, -0.2) is 24.1 Å². The fourth-order valence-corrected chi connectivity index (χ4v) is 3.21. The zero-order valence-corrected chi connectivity index (χ0v) is 14.3. The Balaban J connectivity index is 1.70. The highest BCUT2D eigenvalue weighted by molar-refractivity contribution is 7.09. The lowest BCUT2D eigenvalue weighted by Crippen LogP contribution is -2.24. The molecule has 1 aromatic heterocycles. The lowest BCUT2D eigenvalue weighted by atomic mass is 10.1. The van der Waals surface area contributed by atoms with E-state index in [0.717, 1.165) is 16.3 Å². The number of nitrogens with one attached hydrogen (secondary N) is 1. The monoisotopic (exact) mass is 332 g/mol. The fourth-order valence-electron chi connectivity index (χ4n) is 2.37. The number of rotatable bonds is 4. The number of amides is 1. The molecule has 1 amide bonds. The predicted molar refractivity (Wildman–Crippen MR) is 89.5 cm³/mol. The summed E-state index contributed by atoms with van der Waals surface area (Å²) in [6.45, 7) is 7.59. The Labute approximate surface area is 139 Å². The van der Waals surface area contributed by atoms with Crippen LogP contribution in [0.4, 0.5) is 0 Å². The number of ether oxygens (including phenoxy) is 2. The SMILES string of the molecule is Cc1cc2c(cc1C(=O)NCc1csc(C(C)C)n1)OCCO2. The van der Waals surface area contributed by atoms with Crippen molar-refractivity contribution in [2.45, 2.75) is 33.2 Å². The lowest BCUT2D eigenvalue weighted by molar-refractivity contribution is 0.0948. The zero-order chi connectivity index (χ0) is 16.4. The van der Waals surface area contributed by atoms with Crippen LogP contribution < -0.4 is 14.8 Å². The average molecular weight is 332 g/mol. The van der Waals surface area contributed by atoms with E-state index >= 15 is 0 Å². The van der Waals surface area contributed by atoms with E-state index in [2.05, 4.69) is 24.1 Å². The first-order chi connectivity index (χ1) is 11.0. The van der Waals surface area contributed by atoms with Gasteiger partial charge in [0, 0.05) is 16.9 Å². The molecule has 3 rings (SSSR count). The second-order valence-electron chi connectivity index (χ2n) is 5.83. The van der Waals surface area contributed by atoms with Crippen LogP contribution in [0.5, 0.6) is 11.5 Å². The van der Waals surface area contributed by atoms with Gasteiger partial charge in [-0.3, -0.25) is 4.79 Å². The maximum Gasteiger partial charge on any atom is 0.252 e. The fraction of sp³-hybridized carbons (Fsp3) is 0.412. The summed E-state index contributed by atoms with van der Waals surface area (Å²) in [5.74, 6) is 1.61. The molecule has 1 N–H and O–H groups in total. The Kier molecular flexibility index (Phi) is 4.52. The van der Waals surface area contributed by atoms with E-state index in [-0.39, 0.29) is 5.91 Å². The standard InChI is InChI=1S/C17H20N2O3S/c1-10(2)17-19-12(9-23-17)8-18-16(20)13-7-15-14(6-11(13)3)21-4-5-22-15/h6-7,9-10H,4-5,8H2,1-3H3,(H,18,20). The van der Waals surface area contributed by atoms with Crippen LogP contribution in [0.3, 0.4) is 0 Å². The molecule has 23 heavy (non-hydrogen) atoms. The minimum atomic E-state index is -0.126. The third-order valence-electron chi connectivity index (χ3n) is 3.63. The Hall–Kier alpha value is -2.08. The smallest absolute Gasteiger partial charge is 0.252 e. The molecule has 0 unspecified atom stereocenters. The quantitative estimate of drug-likeness (QED) is 0.933. The van der Waals surface area contributed by atoms with Gasteiger partial charge < -0.3 is 14.8 Å². The van der Waals surface area contributed by atoms with Gasteiger partial charge in [-0.1, -0.05) is 13.8 Å². The number of aromatic nitrogens is 1. The maximum absolute atomic E-state index is 12.4. The van der Waals surface area contributed by atoms with Gasteiger partial charge >= 0.3 is 0 Å². The second kappa shape index (κ2) is 6.58. The van der Waals surface area contributed by atoms with Crippen LogP contribution in [-0.2, 0) is 6.54 Å². The van der Waals surface area contributed by atoms with Gasteiger partial charge in [-0.2, -0.15) is 0 Å². The predicted octanol–water partition coefficient (Wildman–Crippen LogP) is 3.28. The van der Waals surface area contributed by atoms with Crippen LogP contribution in [0.2, 0.25) is 0 Å². The molecular formula is C17H20N2O3S. The first kappa shape index (κ1) is 15.8. The first-order valence-corrected chi connectivity index (χ1v) is 8.55. The molecule has 0 aliphatic carbocycles. The lowest BCUT2D eigenvalue weighted by Gasteiger charge is -2.20. The molecule has 5 nitrogen and oxygen atoms in total. The largest absolute Gasteiger partial charge is 0.486 e. The molecule has 0 bridgehead atoms. The van der Waals surface area contributed by atoms with Gasteiger partial charge in [-0.25, -0.2) is 4.98 Å². The van der Waals surface area contributed by atoms with E-state index < -0.39 is 0 Å². The summed E-state index contributed by atoms with van der Waals surface area (Å²) in [6, 6.07) is 3.60. The van der Waals surface area contributed by atoms with E-state index in [1.54, 1.807) is 17.4 Å². The van der Waals surface area contributed by atoms with Crippen LogP contribution in [0.15, 0.2) is 17.5 Å². The van der Waals surface area contributed by atoms with Gasteiger partial charge in [-0.05, 0) is 24.6 Å². The molecule has 6 heteroatoms. The maximum atomic E-state index is 12.4. The average Bonchev–Trinajstić information content (AvgIpc) is 3.01. The summed E-state index contributed by atoms with van der Waals surface area (Å²) in [4.78, 5) is 17.0. The summed E-state index contributed by atoms with van der Waals surface area (Å²) in [6.07, 6.45) is 0. The van der Waals surface area contributed by atoms with Crippen molar-refractivity contribution in [3.63, 3.8) is 0 Å². The molecule has 1 aromatic carbocycles. The van der Waals surface area contributed by atoms with E-state index in [4.69, 9.17) is 9.47 Å². The van der Waals surface area contributed by atoms with Crippen LogP contribution in [0, 0.1) is 6.92 Å². The number of fused-ring (bicyclic) bond motifs is 1. The van der Waals surface area contributed by atoms with Crippen molar-refractivity contribution < 1.29 is 14.3 Å². The van der Waals surface area contributed by atoms with Gasteiger partial charge in [0.2, 0.25) is 0 Å². The highest BCUT2D eigenvalue weighted by Gasteiger charge is 2.18. The molecule has 0 fully saturated rings. The van der Waals surface area contributed by atoms with Gasteiger partial charge in [0.05, 0.1) is 17.2 Å². The summed E-state index contributed by atoms with van der Waals surface area (Å²) in [5, 5.41) is 6.00. The molecule has 0 saturated carbocycles. The highest BCUT2D eigenvalue weighted by Crippen LogP contribution is 2.33. The normalized spacial score (nSPS) is 13.2. The van der Waals surface area contributed by atoms with Crippen molar-refractivity contribution in [2.24, 2.45) is 0 Å². The van der Waals surface area contributed by atoms with Crippen molar-refractivity contribution in [1.29, 1.82) is 0 Å². The molecule has 2 aromatic rings. The minimum absolute atomic E-state index is 0.126. The number of nitrogens with zero attached hydrogens (tertiary/aromatic N) is 1. The molecule has 1 aliphatic rings. The van der Waals surface area contributed by atoms with E-state index in [1.807, 2.05) is 18.4 Å². The first-order valence-electron chi connectivity index (χ1n) is 7.67. The van der Waals surface area contributed by atoms with Crippen molar-refractivity contribution in [1.82, 2.24) is 10.3 Å². The topological polar surface area (TPSA) is 60.5 Å². The van der Waals surface area contributed by atoms with Gasteiger partial charge in [0.1, 0.15) is 13.2 Å². The van der Waals surface area contributed by atoms with E-state index in [1.165, 1.54) is 0 Å². The molecule has 0 radical (unpaired) electrons. The summed E-state index contributed by atoms with van der Waals surface area (Å²) >= 11 is 1.63. The molecular weight excluding hydrogens is 312 g/mol. The second-order valence-corrected chi connectivity index (χ2v) is 6.71. The molecule has 0 spiro atoms. The third-order valence-corrected chi connectivity index (χ3v) is 4.82. The number of thiazole rings is 1. The summed E-state index contributed by atoms with van der Waals surface area (Å²) < 4.78 is 11.1. The molecule has 0 saturated heterocycles. The van der Waals surface area contributed by atoms with Crippen molar-refractivity contribution in [2.75, 3.05) is 13.2 Å². The Morgan fingerprint density at radius 2 is 2.00 bits per heavy atom. The Bertz CT molecular complexity index is 725. The minimum Gasteiger partial charge on any atom is -0.486 e. The highest BCUT2D eigenvalue weighted by atomic mass is 32.1. The van der Waals surface area contributed by atoms with Gasteiger partial charge in [-0.15, -0.1) is 11.3 Å². The summed E-state index contributed by atoms with van der Waals surface area (Å²) in [5.41, 5.74) is 2.36. The van der Waals surface area contributed by atoms with Gasteiger partial charge in [0.15, 0.2) is 11.5 Å². The number of hydrogen-bond acceptors (Lipinski definition) is 5. The van der Waals surface area contributed by atoms with E-state index in [0.29, 0.717) is 42.7 Å². The zero-order valence-electron chi connectivity index (χ0n) is 13.5. The Morgan fingerprint density at radius 1 is 1.30 bits per heavy atom. The van der Waals surface area contributed by atoms with Crippen molar-refractivity contribution in [3.8, 4) is 11.5 Å². The van der Waals surface area contributed by atoms with Gasteiger partial charge in [0.25, 0.3) is 5.91 Å². The van der Waals surface area contributed by atoms with Crippen LogP contribution >= 0.6 is 11.3 Å². The molecule has 2 heterocycles. The van der Waals surface area contributed by atoms with Crippen molar-refractivity contribution in [3.05, 3.63) is 39.3 Å². The molecule has 122 valence electrons. The number of benzene rings is 1. The van der Waals surface area contributed by atoms with Crippen LogP contribution in [0.1, 0.15) is 46.4 Å². The van der Waals surface area contributed by atoms with E-state index in [9.17, 15) is 4.79 Å². The van der Waals surface area contributed by atoms with Crippen LogP contribution in [0.25, 0.3) is 0 Å². The number of aryl methyl sites for hydroxylation is 1. The summed E-state index contributed by atoms with van der Waals surface area (Å²) in [7, 11) is 0. The number of carbonyl (C=O) groups excluding carboxylic acids is 1. The molecule has 0 atom stereocenters. The Morgan fingerprint density at radius 3 is 2.65 bits per heavy atom. The third kappa shape index (κ3) is 3.47. The number of hydrogen-bond donors (Lipinski definition) is 1. The van der Waals surface area contributed by atoms with Crippen molar-refractivity contribution >= 4 is 17.2 Å². The molecule has 1 aliphatic heterocycles. The number of carbonyl (C=O) groups is 1.